The van der Waals surface area contributed by atoms with E-state index in [2.05, 4.69) is 4.98 Å². The van der Waals surface area contributed by atoms with E-state index < -0.39 is 0 Å². The summed E-state index contributed by atoms with van der Waals surface area (Å²) >= 11 is 0. The van der Waals surface area contributed by atoms with E-state index in [1.54, 1.807) is 36.4 Å². The topological polar surface area (TPSA) is 50.3 Å². The zero-order valence-electron chi connectivity index (χ0n) is 8.98. The number of anilines is 1. The van der Waals surface area contributed by atoms with Gasteiger partial charge in [0.1, 0.15) is 0 Å². The second kappa shape index (κ2) is 5.03. The molecule has 4 heteroatoms. The molecule has 0 radical (unpaired) electrons. The first kappa shape index (κ1) is 11.0. The molecule has 0 saturated carbocycles. The summed E-state index contributed by atoms with van der Waals surface area (Å²) in [5.74, 6) is -0.367. The molecule has 0 atom stereocenters. The van der Waals surface area contributed by atoms with Crippen LogP contribution in [0.3, 0.4) is 0 Å². The van der Waals surface area contributed by atoms with Gasteiger partial charge in [0.05, 0.1) is 5.69 Å². The average Bonchev–Trinajstić information content (AvgIpc) is 2.42. The van der Waals surface area contributed by atoms with E-state index in [0.29, 0.717) is 17.7 Å². The summed E-state index contributed by atoms with van der Waals surface area (Å²) in [4.78, 5) is 27.9. The summed E-state index contributed by atoms with van der Waals surface area (Å²) < 4.78 is 0. The Morgan fingerprint density at radius 2 is 1.71 bits per heavy atom. The Bertz CT molecular complexity index is 511. The number of benzene rings is 1. The van der Waals surface area contributed by atoms with E-state index in [1.165, 1.54) is 12.4 Å². The molecule has 1 aromatic heterocycles. The Morgan fingerprint density at radius 1 is 1.06 bits per heavy atom. The minimum Gasteiger partial charge on any atom is -0.278 e. The van der Waals surface area contributed by atoms with Crippen molar-refractivity contribution in [3.05, 3.63) is 60.4 Å². The molecule has 0 spiro atoms. The van der Waals surface area contributed by atoms with E-state index in [4.69, 9.17) is 0 Å². The molecule has 4 nitrogen and oxygen atoms in total. The van der Waals surface area contributed by atoms with Gasteiger partial charge in [-0.1, -0.05) is 18.2 Å². The number of imide groups is 1. The lowest BCUT2D eigenvalue weighted by Gasteiger charge is -2.15. The average molecular weight is 226 g/mol. The molecule has 1 aromatic carbocycles. The van der Waals surface area contributed by atoms with Crippen molar-refractivity contribution in [3.63, 3.8) is 0 Å². The summed E-state index contributed by atoms with van der Waals surface area (Å²) in [6.07, 6.45) is 3.54. The molecule has 0 aliphatic carbocycles. The molecular weight excluding hydrogens is 216 g/mol. The number of amides is 2. The minimum absolute atomic E-state index is 0.367. The first-order chi connectivity index (χ1) is 8.33. The van der Waals surface area contributed by atoms with E-state index >= 15 is 0 Å². The summed E-state index contributed by atoms with van der Waals surface area (Å²) in [5, 5.41) is 0. The Balaban J connectivity index is 2.32. The predicted molar refractivity (Wildman–Crippen MR) is 63.6 cm³/mol. The van der Waals surface area contributed by atoms with E-state index in [0.717, 1.165) is 4.90 Å². The lowest BCUT2D eigenvalue weighted by Crippen LogP contribution is -2.29. The fourth-order valence-corrected chi connectivity index (χ4v) is 1.45. The van der Waals surface area contributed by atoms with Crippen LogP contribution < -0.4 is 4.90 Å². The first-order valence-corrected chi connectivity index (χ1v) is 5.07. The third kappa shape index (κ3) is 2.36. The highest BCUT2D eigenvalue weighted by atomic mass is 16.2. The van der Waals surface area contributed by atoms with Crippen molar-refractivity contribution in [2.24, 2.45) is 0 Å². The molecule has 84 valence electrons. The normalized spacial score (nSPS) is 9.65. The molecule has 1 heterocycles. The molecule has 2 aromatic rings. The van der Waals surface area contributed by atoms with Crippen LogP contribution in [0.1, 0.15) is 10.4 Å². The van der Waals surface area contributed by atoms with Gasteiger partial charge in [-0.15, -0.1) is 0 Å². The van der Waals surface area contributed by atoms with Gasteiger partial charge in [0.25, 0.3) is 5.91 Å². The maximum atomic E-state index is 12.0. The number of para-hydroxylation sites is 1. The monoisotopic (exact) mass is 226 g/mol. The molecule has 0 unspecified atom stereocenters. The molecule has 0 fully saturated rings. The Kier molecular flexibility index (Phi) is 3.25. The summed E-state index contributed by atoms with van der Waals surface area (Å²) in [6, 6.07) is 11.9. The highest BCUT2D eigenvalue weighted by Gasteiger charge is 2.16. The number of nitrogens with zero attached hydrogens (tertiary/aromatic N) is 2. The number of hydrogen-bond acceptors (Lipinski definition) is 3. The van der Waals surface area contributed by atoms with Crippen molar-refractivity contribution in [3.8, 4) is 0 Å². The summed E-state index contributed by atoms with van der Waals surface area (Å²) in [6.45, 7) is 0. The van der Waals surface area contributed by atoms with Crippen LogP contribution >= 0.6 is 0 Å². The van der Waals surface area contributed by atoms with Crippen molar-refractivity contribution in [1.29, 1.82) is 0 Å². The van der Waals surface area contributed by atoms with Crippen molar-refractivity contribution in [2.45, 2.75) is 0 Å². The van der Waals surface area contributed by atoms with Crippen LogP contribution in [-0.2, 0) is 4.79 Å². The molecule has 0 saturated heterocycles. The van der Waals surface area contributed by atoms with Gasteiger partial charge in [0.2, 0.25) is 6.41 Å². The standard InChI is InChI=1S/C13H10N2O2/c16-10-15(12-4-2-1-3-5-12)13(17)11-6-8-14-9-7-11/h1-10H. The molecule has 17 heavy (non-hydrogen) atoms. The lowest BCUT2D eigenvalue weighted by atomic mass is 10.2. The number of carbonyl (C=O) groups is 2. The molecule has 2 rings (SSSR count). The number of carbonyl (C=O) groups excluding carboxylic acids is 2. The van der Waals surface area contributed by atoms with Crippen LogP contribution in [0, 0.1) is 0 Å². The van der Waals surface area contributed by atoms with E-state index in [-0.39, 0.29) is 5.91 Å². The van der Waals surface area contributed by atoms with Gasteiger partial charge >= 0.3 is 0 Å². The zero-order chi connectivity index (χ0) is 12.1. The zero-order valence-corrected chi connectivity index (χ0v) is 8.98. The maximum Gasteiger partial charge on any atom is 0.264 e. The Hall–Kier alpha value is -2.49. The van der Waals surface area contributed by atoms with Crippen molar-refractivity contribution < 1.29 is 9.59 Å². The predicted octanol–water partition coefficient (Wildman–Crippen LogP) is 1.88. The van der Waals surface area contributed by atoms with Crippen LogP contribution in [0.25, 0.3) is 0 Å². The number of aromatic nitrogens is 1. The van der Waals surface area contributed by atoms with Crippen LogP contribution in [0.2, 0.25) is 0 Å². The first-order valence-electron chi connectivity index (χ1n) is 5.07. The van der Waals surface area contributed by atoms with Crippen LogP contribution in [0.5, 0.6) is 0 Å². The summed E-state index contributed by atoms with van der Waals surface area (Å²) in [5.41, 5.74) is 0.972. The van der Waals surface area contributed by atoms with Gasteiger partial charge in [0.15, 0.2) is 0 Å². The number of pyridine rings is 1. The van der Waals surface area contributed by atoms with Gasteiger partial charge in [0, 0.05) is 18.0 Å². The van der Waals surface area contributed by atoms with E-state index in [1.807, 2.05) is 6.07 Å². The second-order valence-electron chi connectivity index (χ2n) is 3.35. The maximum absolute atomic E-state index is 12.0. The largest absolute Gasteiger partial charge is 0.278 e. The number of hydrogen-bond donors (Lipinski definition) is 0. The van der Waals surface area contributed by atoms with Gasteiger partial charge in [-0.05, 0) is 24.3 Å². The molecule has 0 aliphatic rings. The molecule has 0 N–H and O–H groups in total. The van der Waals surface area contributed by atoms with Crippen LogP contribution in [0.15, 0.2) is 54.9 Å². The van der Waals surface area contributed by atoms with Gasteiger partial charge in [-0.25, -0.2) is 4.90 Å². The van der Waals surface area contributed by atoms with E-state index in [9.17, 15) is 9.59 Å². The molecular formula is C13H10N2O2. The fraction of sp³-hybridized carbons (Fsp3) is 0. The highest BCUT2D eigenvalue weighted by molar-refractivity contribution is 6.15. The van der Waals surface area contributed by atoms with Crippen LogP contribution in [-0.4, -0.2) is 17.3 Å². The van der Waals surface area contributed by atoms with Crippen molar-refractivity contribution in [2.75, 3.05) is 4.90 Å². The minimum atomic E-state index is -0.367. The molecule has 0 bridgehead atoms. The third-order valence-corrected chi connectivity index (χ3v) is 2.29. The quantitative estimate of drug-likeness (QED) is 0.751. The second-order valence-corrected chi connectivity index (χ2v) is 3.35. The third-order valence-electron chi connectivity index (χ3n) is 2.29. The van der Waals surface area contributed by atoms with Gasteiger partial charge < -0.3 is 0 Å². The summed E-state index contributed by atoms with van der Waals surface area (Å²) in [7, 11) is 0. The number of rotatable bonds is 3. The Labute approximate surface area is 98.5 Å². The van der Waals surface area contributed by atoms with Crippen molar-refractivity contribution in [1.82, 2.24) is 4.98 Å². The Morgan fingerprint density at radius 3 is 2.29 bits per heavy atom. The fourth-order valence-electron chi connectivity index (χ4n) is 1.45. The smallest absolute Gasteiger partial charge is 0.264 e. The lowest BCUT2D eigenvalue weighted by molar-refractivity contribution is -0.106. The molecule has 2 amide bonds. The van der Waals surface area contributed by atoms with Gasteiger partial charge in [-0.2, -0.15) is 0 Å². The van der Waals surface area contributed by atoms with Crippen LogP contribution in [0.4, 0.5) is 5.69 Å². The highest BCUT2D eigenvalue weighted by Crippen LogP contribution is 2.14. The van der Waals surface area contributed by atoms with Crippen molar-refractivity contribution >= 4 is 18.0 Å². The molecule has 0 aliphatic heterocycles. The SMILES string of the molecule is O=CN(C(=O)c1ccncc1)c1ccccc1. The van der Waals surface area contributed by atoms with Gasteiger partial charge in [-0.3, -0.25) is 14.6 Å².